The van der Waals surface area contributed by atoms with E-state index in [0.717, 1.165) is 50.2 Å². The number of H-pyrrole nitrogens is 1. The van der Waals surface area contributed by atoms with Crippen molar-refractivity contribution < 1.29 is 9.18 Å². The van der Waals surface area contributed by atoms with Crippen molar-refractivity contribution >= 4 is 5.91 Å². The first-order valence-corrected chi connectivity index (χ1v) is 9.90. The van der Waals surface area contributed by atoms with Crippen LogP contribution >= 0.6 is 0 Å². The number of piperidine rings is 1. The van der Waals surface area contributed by atoms with Crippen molar-refractivity contribution in [2.75, 3.05) is 26.2 Å². The maximum Gasteiger partial charge on any atom is 0.260 e. The molecule has 5 nitrogen and oxygen atoms in total. The number of hydrogen-bond acceptors (Lipinski definition) is 3. The van der Waals surface area contributed by atoms with E-state index in [1.807, 2.05) is 17.0 Å². The highest BCUT2D eigenvalue weighted by atomic mass is 19.1. The Hall–Kier alpha value is -2.47. The summed E-state index contributed by atoms with van der Waals surface area (Å²) in [5, 5.41) is 0. The second-order valence-corrected chi connectivity index (χ2v) is 8.30. The number of amides is 1. The molecule has 2 fully saturated rings. The lowest BCUT2D eigenvalue weighted by molar-refractivity contribution is 0.0674. The van der Waals surface area contributed by atoms with Gasteiger partial charge in [0.25, 0.3) is 11.5 Å². The monoisotopic (exact) mass is 383 g/mol. The van der Waals surface area contributed by atoms with Crippen molar-refractivity contribution in [3.05, 3.63) is 69.4 Å². The molecular formula is C22H26FN3O2. The number of hydrogen-bond donors (Lipinski definition) is 1. The van der Waals surface area contributed by atoms with Gasteiger partial charge in [-0.3, -0.25) is 14.5 Å². The number of nitrogens with one attached hydrogen (secondary N) is 1. The highest BCUT2D eigenvalue weighted by Gasteiger charge is 2.43. The molecule has 2 aliphatic heterocycles. The Balaban J connectivity index is 1.43. The van der Waals surface area contributed by atoms with Crippen molar-refractivity contribution in [2.24, 2.45) is 5.41 Å². The molecule has 1 aromatic heterocycles. The summed E-state index contributed by atoms with van der Waals surface area (Å²) < 4.78 is 13.1. The topological polar surface area (TPSA) is 56.4 Å². The lowest BCUT2D eigenvalue weighted by Gasteiger charge is -2.40. The Morgan fingerprint density at radius 3 is 2.64 bits per heavy atom. The Morgan fingerprint density at radius 1 is 1.11 bits per heavy atom. The summed E-state index contributed by atoms with van der Waals surface area (Å²) in [6, 6.07) is 10.1. The van der Waals surface area contributed by atoms with Gasteiger partial charge in [-0.1, -0.05) is 12.1 Å². The molecule has 1 amide bonds. The number of rotatable bonds is 3. The van der Waals surface area contributed by atoms with Crippen LogP contribution in [0.5, 0.6) is 0 Å². The lowest BCUT2D eigenvalue weighted by atomic mass is 9.79. The fourth-order valence-electron chi connectivity index (χ4n) is 4.65. The Morgan fingerprint density at radius 2 is 1.89 bits per heavy atom. The van der Waals surface area contributed by atoms with E-state index >= 15 is 0 Å². The van der Waals surface area contributed by atoms with Crippen LogP contribution in [0.2, 0.25) is 0 Å². The van der Waals surface area contributed by atoms with Crippen molar-refractivity contribution in [3.63, 3.8) is 0 Å². The molecule has 148 valence electrons. The van der Waals surface area contributed by atoms with Gasteiger partial charge < -0.3 is 9.88 Å². The number of benzene rings is 1. The molecule has 4 rings (SSSR count). The zero-order chi connectivity index (χ0) is 19.7. The number of carbonyl (C=O) groups is 1. The summed E-state index contributed by atoms with van der Waals surface area (Å²) in [6.45, 7) is 5.94. The SMILES string of the molecule is Cc1ccc(C(=O)N2CC[C@@]3(CCCN(Cc4ccc(F)cc4)C3)C2)c(=O)[nH]1. The van der Waals surface area contributed by atoms with E-state index < -0.39 is 0 Å². The first kappa shape index (κ1) is 18.9. The Labute approximate surface area is 164 Å². The van der Waals surface area contributed by atoms with Crippen LogP contribution in [-0.4, -0.2) is 46.9 Å². The summed E-state index contributed by atoms with van der Waals surface area (Å²) in [4.78, 5) is 32.0. The van der Waals surface area contributed by atoms with Gasteiger partial charge in [0.05, 0.1) is 0 Å². The minimum Gasteiger partial charge on any atom is -0.338 e. The summed E-state index contributed by atoms with van der Waals surface area (Å²) in [5.41, 5.74) is 1.86. The van der Waals surface area contributed by atoms with Gasteiger partial charge in [-0.15, -0.1) is 0 Å². The third-order valence-corrected chi connectivity index (χ3v) is 6.07. The molecule has 3 heterocycles. The largest absolute Gasteiger partial charge is 0.338 e. The van der Waals surface area contributed by atoms with Crippen LogP contribution in [-0.2, 0) is 6.54 Å². The van der Waals surface area contributed by atoms with Crippen molar-refractivity contribution in [2.45, 2.75) is 32.7 Å². The van der Waals surface area contributed by atoms with Crippen LogP contribution < -0.4 is 5.56 Å². The normalized spacial score (nSPS) is 22.7. The van der Waals surface area contributed by atoms with E-state index in [0.29, 0.717) is 13.1 Å². The van der Waals surface area contributed by atoms with Crippen LogP contribution in [0.4, 0.5) is 4.39 Å². The molecule has 1 atom stereocenters. The zero-order valence-corrected chi connectivity index (χ0v) is 16.2. The van der Waals surface area contributed by atoms with Crippen LogP contribution in [0.3, 0.4) is 0 Å². The second-order valence-electron chi connectivity index (χ2n) is 8.30. The Kier molecular flexibility index (Phi) is 5.06. The average Bonchev–Trinajstić information content (AvgIpc) is 3.06. The van der Waals surface area contributed by atoms with Crippen molar-refractivity contribution in [3.8, 4) is 0 Å². The van der Waals surface area contributed by atoms with E-state index in [1.165, 1.54) is 12.1 Å². The van der Waals surface area contributed by atoms with E-state index in [4.69, 9.17) is 0 Å². The second kappa shape index (κ2) is 7.51. The minimum atomic E-state index is -0.312. The van der Waals surface area contributed by atoms with Crippen molar-refractivity contribution in [1.82, 2.24) is 14.8 Å². The molecule has 1 aromatic carbocycles. The third-order valence-electron chi connectivity index (χ3n) is 6.07. The van der Waals surface area contributed by atoms with Gasteiger partial charge in [0.1, 0.15) is 11.4 Å². The molecule has 1 N–H and O–H groups in total. The van der Waals surface area contributed by atoms with Gasteiger partial charge in [0.2, 0.25) is 0 Å². The van der Waals surface area contributed by atoms with Crippen LogP contribution in [0.1, 0.15) is 40.9 Å². The predicted octanol–water partition coefficient (Wildman–Crippen LogP) is 2.95. The first-order valence-electron chi connectivity index (χ1n) is 9.90. The predicted molar refractivity (Wildman–Crippen MR) is 106 cm³/mol. The smallest absolute Gasteiger partial charge is 0.260 e. The summed E-state index contributed by atoms with van der Waals surface area (Å²) >= 11 is 0. The van der Waals surface area contributed by atoms with Crippen LogP contribution in [0.15, 0.2) is 41.2 Å². The van der Waals surface area contributed by atoms with Crippen LogP contribution in [0.25, 0.3) is 0 Å². The highest BCUT2D eigenvalue weighted by molar-refractivity contribution is 5.94. The fraction of sp³-hybridized carbons (Fsp3) is 0.455. The summed E-state index contributed by atoms with van der Waals surface area (Å²) in [5.74, 6) is -0.385. The van der Waals surface area contributed by atoms with Crippen LogP contribution in [0, 0.1) is 18.2 Å². The molecule has 0 bridgehead atoms. The average molecular weight is 383 g/mol. The third kappa shape index (κ3) is 3.87. The van der Waals surface area contributed by atoms with Gasteiger partial charge in [-0.25, -0.2) is 4.39 Å². The first-order chi connectivity index (χ1) is 13.4. The van der Waals surface area contributed by atoms with Gasteiger partial charge in [-0.05, 0) is 62.6 Å². The van der Waals surface area contributed by atoms with E-state index in [1.54, 1.807) is 19.1 Å². The number of aromatic nitrogens is 1. The molecule has 2 aliphatic rings. The molecule has 0 aliphatic carbocycles. The number of likely N-dealkylation sites (tertiary alicyclic amines) is 2. The molecule has 0 unspecified atom stereocenters. The summed E-state index contributed by atoms with van der Waals surface area (Å²) in [6.07, 6.45) is 3.15. The molecule has 2 saturated heterocycles. The van der Waals surface area contributed by atoms with Crippen molar-refractivity contribution in [1.29, 1.82) is 0 Å². The van der Waals surface area contributed by atoms with E-state index in [2.05, 4.69) is 9.88 Å². The maximum absolute atomic E-state index is 13.1. The molecule has 2 aromatic rings. The maximum atomic E-state index is 13.1. The van der Waals surface area contributed by atoms with Gasteiger partial charge in [-0.2, -0.15) is 0 Å². The number of nitrogens with zero attached hydrogens (tertiary/aromatic N) is 2. The molecule has 0 saturated carbocycles. The summed E-state index contributed by atoms with van der Waals surface area (Å²) in [7, 11) is 0. The van der Waals surface area contributed by atoms with E-state index in [-0.39, 0.29) is 28.3 Å². The standard InChI is InChI=1S/C22H26FN3O2/c1-16-3-8-19(20(27)24-16)21(28)26-12-10-22(15-26)9-2-11-25(14-22)13-17-4-6-18(23)7-5-17/h3-8H,2,9-15H2,1H3,(H,24,27)/t22-/m1/s1. The van der Waals surface area contributed by atoms with Gasteiger partial charge in [0, 0.05) is 37.3 Å². The number of carbonyl (C=O) groups excluding carboxylic acids is 1. The molecule has 6 heteroatoms. The number of aromatic amines is 1. The Bertz CT molecular complexity index is 924. The quantitative estimate of drug-likeness (QED) is 0.887. The molecule has 1 spiro atoms. The molecule has 0 radical (unpaired) electrons. The van der Waals surface area contributed by atoms with Gasteiger partial charge in [0.15, 0.2) is 0 Å². The van der Waals surface area contributed by atoms with E-state index in [9.17, 15) is 14.0 Å². The molecular weight excluding hydrogens is 357 g/mol. The number of halogens is 1. The fourth-order valence-corrected chi connectivity index (χ4v) is 4.65. The highest BCUT2D eigenvalue weighted by Crippen LogP contribution is 2.39. The minimum absolute atomic E-state index is 0.0887. The zero-order valence-electron chi connectivity index (χ0n) is 16.2. The molecule has 28 heavy (non-hydrogen) atoms. The number of pyridine rings is 1. The van der Waals surface area contributed by atoms with Gasteiger partial charge >= 0.3 is 0 Å². The lowest BCUT2D eigenvalue weighted by Crippen LogP contribution is -2.45. The number of aryl methyl sites for hydroxylation is 1.